The predicted molar refractivity (Wildman–Crippen MR) is 108 cm³/mol. The van der Waals surface area contributed by atoms with Gasteiger partial charge in [0.05, 0.1) is 10.6 Å². The number of nitrogens with zero attached hydrogens (tertiary/aromatic N) is 2. The van der Waals surface area contributed by atoms with Crippen LogP contribution in [-0.2, 0) is 6.42 Å². The molecule has 4 nitrogen and oxygen atoms in total. The summed E-state index contributed by atoms with van der Waals surface area (Å²) in [4.78, 5) is 13.0. The van der Waals surface area contributed by atoms with Crippen molar-refractivity contribution in [3.63, 3.8) is 0 Å². The van der Waals surface area contributed by atoms with Crippen molar-refractivity contribution in [1.29, 1.82) is 10.5 Å². The highest BCUT2D eigenvalue weighted by Gasteiger charge is 2.31. The van der Waals surface area contributed by atoms with Crippen molar-refractivity contribution in [1.82, 2.24) is 0 Å². The lowest BCUT2D eigenvalue weighted by Crippen LogP contribution is -2.22. The number of carbonyl (C=O) groups is 1. The monoisotopic (exact) mass is 410 g/mol. The molecule has 1 aliphatic carbocycles. The molecule has 2 aromatic rings. The van der Waals surface area contributed by atoms with Crippen LogP contribution in [0.1, 0.15) is 47.3 Å². The predicted octanol–water partition coefficient (Wildman–Crippen LogP) is 5.70. The van der Waals surface area contributed by atoms with E-state index in [1.165, 1.54) is 12.1 Å². The van der Waals surface area contributed by atoms with Crippen molar-refractivity contribution < 1.29 is 9.90 Å². The SMILES string of the molecule is CC1(C)CC(=C(C#N)C#N)c2cc(C(=O)c3cc(Cl)cc(Cl)c3O)ccc2C1. The van der Waals surface area contributed by atoms with E-state index in [4.69, 9.17) is 23.2 Å². The third-order valence-corrected chi connectivity index (χ3v) is 5.33. The summed E-state index contributed by atoms with van der Waals surface area (Å²) in [6.07, 6.45) is 1.32. The molecule has 140 valence electrons. The Balaban J connectivity index is 2.18. The highest BCUT2D eigenvalue weighted by atomic mass is 35.5. The molecule has 0 aliphatic heterocycles. The number of allylic oxidation sites excluding steroid dienone is 2. The highest BCUT2D eigenvalue weighted by molar-refractivity contribution is 6.36. The first-order chi connectivity index (χ1) is 13.2. The maximum Gasteiger partial charge on any atom is 0.196 e. The molecule has 0 radical (unpaired) electrons. The first kappa shape index (κ1) is 20.0. The van der Waals surface area contributed by atoms with Gasteiger partial charge >= 0.3 is 0 Å². The van der Waals surface area contributed by atoms with Gasteiger partial charge in [0.15, 0.2) is 5.78 Å². The molecule has 3 rings (SSSR count). The van der Waals surface area contributed by atoms with Gasteiger partial charge in [-0.3, -0.25) is 4.79 Å². The van der Waals surface area contributed by atoms with Crippen molar-refractivity contribution in [3.05, 3.63) is 68.2 Å². The van der Waals surface area contributed by atoms with Crippen LogP contribution in [0.25, 0.3) is 5.57 Å². The van der Waals surface area contributed by atoms with Gasteiger partial charge in [-0.05, 0) is 53.2 Å². The van der Waals surface area contributed by atoms with Crippen LogP contribution < -0.4 is 0 Å². The topological polar surface area (TPSA) is 84.9 Å². The van der Waals surface area contributed by atoms with Crippen molar-refractivity contribution in [2.45, 2.75) is 26.7 Å². The number of ketones is 1. The van der Waals surface area contributed by atoms with Crippen LogP contribution in [-0.4, -0.2) is 10.9 Å². The normalized spacial score (nSPS) is 14.6. The molecule has 0 saturated heterocycles. The summed E-state index contributed by atoms with van der Waals surface area (Å²) in [5.74, 6) is -0.773. The molecular weight excluding hydrogens is 395 g/mol. The molecule has 0 spiro atoms. The number of halogens is 2. The van der Waals surface area contributed by atoms with Gasteiger partial charge in [0, 0.05) is 10.6 Å². The molecule has 0 aromatic heterocycles. The molecule has 0 atom stereocenters. The van der Waals surface area contributed by atoms with Gasteiger partial charge in [-0.1, -0.05) is 49.2 Å². The summed E-state index contributed by atoms with van der Waals surface area (Å²) >= 11 is 11.9. The van der Waals surface area contributed by atoms with Crippen LogP contribution in [0.5, 0.6) is 5.75 Å². The molecule has 0 amide bonds. The van der Waals surface area contributed by atoms with Crippen molar-refractivity contribution in [2.75, 3.05) is 0 Å². The van der Waals surface area contributed by atoms with E-state index in [-0.39, 0.29) is 32.3 Å². The molecule has 6 heteroatoms. The fourth-order valence-electron chi connectivity index (χ4n) is 3.58. The van der Waals surface area contributed by atoms with E-state index in [1.54, 1.807) is 12.1 Å². The second kappa shape index (κ2) is 7.32. The van der Waals surface area contributed by atoms with Gasteiger partial charge in [-0.2, -0.15) is 10.5 Å². The summed E-state index contributed by atoms with van der Waals surface area (Å²) < 4.78 is 0. The number of fused-ring (bicyclic) bond motifs is 1. The minimum atomic E-state index is -0.440. The Bertz CT molecular complexity index is 1100. The minimum absolute atomic E-state index is 0.0000845. The third kappa shape index (κ3) is 3.62. The Labute approximate surface area is 173 Å². The third-order valence-electron chi connectivity index (χ3n) is 4.82. The molecule has 0 fully saturated rings. The standard InChI is InChI=1S/C22H16Cl2N2O2/c1-22(2)8-13-4-3-12(5-16(13)18(9-22)14(10-25)11-26)20(27)17-6-15(23)7-19(24)21(17)28/h3-7,28H,8-9H2,1-2H3. The fraction of sp³-hybridized carbons (Fsp3) is 0.227. The van der Waals surface area contributed by atoms with E-state index < -0.39 is 5.78 Å². The number of nitriles is 2. The van der Waals surface area contributed by atoms with E-state index in [1.807, 2.05) is 18.2 Å². The van der Waals surface area contributed by atoms with Gasteiger partial charge in [-0.15, -0.1) is 0 Å². The quantitative estimate of drug-likeness (QED) is 0.507. The zero-order valence-corrected chi connectivity index (χ0v) is 16.8. The molecule has 1 aliphatic rings. The van der Waals surface area contributed by atoms with E-state index in [9.17, 15) is 20.4 Å². The number of aromatic hydroxyl groups is 1. The lowest BCUT2D eigenvalue weighted by molar-refractivity contribution is 0.103. The van der Waals surface area contributed by atoms with Gasteiger partial charge in [0.25, 0.3) is 0 Å². The number of phenolic OH excluding ortho intramolecular Hbond substituents is 1. The van der Waals surface area contributed by atoms with Gasteiger partial charge < -0.3 is 5.11 Å². The second-order valence-corrected chi connectivity index (χ2v) is 8.42. The van der Waals surface area contributed by atoms with E-state index >= 15 is 0 Å². The highest BCUT2D eigenvalue weighted by Crippen LogP contribution is 2.43. The fourth-order valence-corrected chi connectivity index (χ4v) is 4.08. The van der Waals surface area contributed by atoms with E-state index in [2.05, 4.69) is 13.8 Å². The molecule has 0 heterocycles. The van der Waals surface area contributed by atoms with E-state index in [0.29, 0.717) is 17.6 Å². The Morgan fingerprint density at radius 2 is 1.79 bits per heavy atom. The lowest BCUT2D eigenvalue weighted by Gasteiger charge is -2.33. The van der Waals surface area contributed by atoms with Crippen LogP contribution in [0.3, 0.4) is 0 Å². The molecular formula is C22H16Cl2N2O2. The summed E-state index contributed by atoms with van der Waals surface area (Å²) in [6, 6.07) is 11.8. The largest absolute Gasteiger partial charge is 0.506 e. The number of hydrogen-bond acceptors (Lipinski definition) is 4. The molecule has 28 heavy (non-hydrogen) atoms. The zero-order valence-electron chi connectivity index (χ0n) is 15.3. The lowest BCUT2D eigenvalue weighted by atomic mass is 9.70. The maximum absolute atomic E-state index is 13.0. The van der Waals surface area contributed by atoms with Crippen molar-refractivity contribution >= 4 is 34.6 Å². The second-order valence-electron chi connectivity index (χ2n) is 7.58. The Morgan fingerprint density at radius 1 is 1.11 bits per heavy atom. The Kier molecular flexibility index (Phi) is 5.22. The Hall–Kier alpha value is -2.79. The number of phenols is 1. The Morgan fingerprint density at radius 3 is 2.43 bits per heavy atom. The summed E-state index contributed by atoms with van der Waals surface area (Å²) in [5.41, 5.74) is 2.59. The minimum Gasteiger partial charge on any atom is -0.506 e. The van der Waals surface area contributed by atoms with Gasteiger partial charge in [-0.25, -0.2) is 0 Å². The summed E-state index contributed by atoms with van der Waals surface area (Å²) in [5, 5.41) is 29.1. The molecule has 2 aromatic carbocycles. The molecule has 0 saturated carbocycles. The van der Waals surface area contributed by atoms with Gasteiger partial charge in [0.2, 0.25) is 0 Å². The number of benzene rings is 2. The van der Waals surface area contributed by atoms with Crippen LogP contribution in [0.15, 0.2) is 35.9 Å². The zero-order chi connectivity index (χ0) is 20.6. The number of carbonyl (C=O) groups excluding carboxylic acids is 1. The van der Waals surface area contributed by atoms with Crippen LogP contribution >= 0.6 is 23.2 Å². The van der Waals surface area contributed by atoms with E-state index in [0.717, 1.165) is 17.5 Å². The molecule has 1 N–H and O–H groups in total. The van der Waals surface area contributed by atoms with Crippen LogP contribution in [0.4, 0.5) is 0 Å². The molecule has 0 unspecified atom stereocenters. The molecule has 0 bridgehead atoms. The van der Waals surface area contributed by atoms with Crippen molar-refractivity contribution in [3.8, 4) is 17.9 Å². The van der Waals surface area contributed by atoms with Crippen LogP contribution in [0, 0.1) is 28.1 Å². The summed E-state index contributed by atoms with van der Waals surface area (Å²) in [6.45, 7) is 4.15. The first-order valence-corrected chi connectivity index (χ1v) is 9.32. The average molecular weight is 411 g/mol. The smallest absolute Gasteiger partial charge is 0.196 e. The number of hydrogen-bond donors (Lipinski definition) is 1. The first-order valence-electron chi connectivity index (χ1n) is 8.56. The van der Waals surface area contributed by atoms with Gasteiger partial charge in [0.1, 0.15) is 23.5 Å². The summed E-state index contributed by atoms with van der Waals surface area (Å²) in [7, 11) is 0. The van der Waals surface area contributed by atoms with Crippen LogP contribution in [0.2, 0.25) is 10.0 Å². The average Bonchev–Trinajstić information content (AvgIpc) is 2.64. The number of rotatable bonds is 2. The maximum atomic E-state index is 13.0. The van der Waals surface area contributed by atoms with Crippen molar-refractivity contribution in [2.24, 2.45) is 5.41 Å².